The molecule has 3 aromatic heterocycles. The monoisotopic (exact) mass is 513 g/mol. The van der Waals surface area contributed by atoms with E-state index in [1.165, 1.54) is 27.5 Å². The molecule has 0 amide bonds. The van der Waals surface area contributed by atoms with Crippen LogP contribution in [0, 0.1) is 0 Å². The van der Waals surface area contributed by atoms with Crippen molar-refractivity contribution in [2.45, 2.75) is 12.6 Å². The van der Waals surface area contributed by atoms with E-state index in [0.717, 1.165) is 18.6 Å². The summed E-state index contributed by atoms with van der Waals surface area (Å²) in [6, 6.07) is 10.1. The predicted octanol–water partition coefficient (Wildman–Crippen LogP) is 4.93. The fourth-order valence-corrected chi connectivity index (χ4v) is 4.31. The molecule has 36 heavy (non-hydrogen) atoms. The number of halogens is 4. The first-order chi connectivity index (χ1) is 17.3. The zero-order chi connectivity index (χ0) is 25.0. The second-order valence-electron chi connectivity index (χ2n) is 8.07. The van der Waals surface area contributed by atoms with Crippen molar-refractivity contribution < 1.29 is 22.6 Å². The minimum atomic E-state index is -4.60. The Morgan fingerprint density at radius 3 is 2.58 bits per heavy atom. The SMILES string of the molecule is O=c1c2cnc3nc(-c4ccc5c(c4)OCCCO5)nn3c2ccn1-c1ccc(C(F)(F)F)c(Cl)c1. The van der Waals surface area contributed by atoms with Crippen LogP contribution in [-0.2, 0) is 6.18 Å². The Balaban J connectivity index is 1.43. The fourth-order valence-electron chi connectivity index (χ4n) is 4.03. The third-order valence-electron chi connectivity index (χ3n) is 5.78. The van der Waals surface area contributed by atoms with Crippen LogP contribution < -0.4 is 15.0 Å². The zero-order valence-corrected chi connectivity index (χ0v) is 19.0. The second kappa shape index (κ2) is 8.23. The molecular formula is C24H15ClF3N5O3. The third-order valence-corrected chi connectivity index (χ3v) is 6.09. The van der Waals surface area contributed by atoms with E-state index in [2.05, 4.69) is 15.1 Å². The second-order valence-corrected chi connectivity index (χ2v) is 8.48. The molecule has 0 spiro atoms. The number of fused-ring (bicyclic) bond motifs is 4. The Bertz CT molecular complexity index is 1710. The first-order valence-electron chi connectivity index (χ1n) is 10.8. The molecule has 2 aromatic carbocycles. The van der Waals surface area contributed by atoms with Gasteiger partial charge >= 0.3 is 6.18 Å². The summed E-state index contributed by atoms with van der Waals surface area (Å²) in [4.78, 5) is 21.9. The lowest BCUT2D eigenvalue weighted by molar-refractivity contribution is -0.137. The number of ether oxygens (including phenoxy) is 2. The van der Waals surface area contributed by atoms with Gasteiger partial charge in [0.1, 0.15) is 0 Å². The summed E-state index contributed by atoms with van der Waals surface area (Å²) < 4.78 is 53.2. The average molecular weight is 514 g/mol. The molecule has 0 saturated carbocycles. The van der Waals surface area contributed by atoms with Crippen molar-refractivity contribution in [3.8, 4) is 28.6 Å². The number of alkyl halides is 3. The first kappa shape index (κ1) is 22.4. The zero-order valence-electron chi connectivity index (χ0n) is 18.3. The number of pyridine rings is 1. The maximum atomic E-state index is 13.2. The highest BCUT2D eigenvalue weighted by Crippen LogP contribution is 2.36. The molecule has 0 bridgehead atoms. The average Bonchev–Trinajstić information content (AvgIpc) is 3.15. The molecule has 0 fully saturated rings. The van der Waals surface area contributed by atoms with Crippen molar-refractivity contribution in [3.63, 3.8) is 0 Å². The lowest BCUT2D eigenvalue weighted by Crippen LogP contribution is -2.19. The molecule has 0 radical (unpaired) electrons. The van der Waals surface area contributed by atoms with Crippen molar-refractivity contribution in [2.24, 2.45) is 0 Å². The van der Waals surface area contributed by atoms with Gasteiger partial charge in [-0.3, -0.25) is 9.36 Å². The highest BCUT2D eigenvalue weighted by molar-refractivity contribution is 6.31. The van der Waals surface area contributed by atoms with Crippen molar-refractivity contribution in [3.05, 3.63) is 75.8 Å². The number of hydrogen-bond acceptors (Lipinski definition) is 6. The van der Waals surface area contributed by atoms with Gasteiger partial charge in [0.25, 0.3) is 11.3 Å². The molecule has 0 atom stereocenters. The smallest absolute Gasteiger partial charge is 0.417 e. The molecule has 1 aliphatic rings. The molecule has 0 N–H and O–H groups in total. The minimum absolute atomic E-state index is 0.187. The van der Waals surface area contributed by atoms with Crippen LogP contribution in [-0.4, -0.2) is 37.4 Å². The molecule has 4 heterocycles. The van der Waals surface area contributed by atoms with E-state index < -0.39 is 22.3 Å². The molecule has 0 unspecified atom stereocenters. The van der Waals surface area contributed by atoms with Gasteiger partial charge in [0.2, 0.25) is 0 Å². The van der Waals surface area contributed by atoms with Crippen molar-refractivity contribution >= 4 is 28.3 Å². The lowest BCUT2D eigenvalue weighted by atomic mass is 10.2. The Hall–Kier alpha value is -4.12. The summed E-state index contributed by atoms with van der Waals surface area (Å²) in [6.45, 7) is 1.11. The molecule has 0 aliphatic carbocycles. The van der Waals surface area contributed by atoms with Crippen molar-refractivity contribution in [1.29, 1.82) is 0 Å². The molecule has 0 saturated heterocycles. The molecule has 8 nitrogen and oxygen atoms in total. The van der Waals surface area contributed by atoms with E-state index in [-0.39, 0.29) is 16.9 Å². The summed E-state index contributed by atoms with van der Waals surface area (Å²) in [5, 5.41) is 4.23. The molecular weight excluding hydrogens is 499 g/mol. The molecule has 5 aromatic rings. The van der Waals surface area contributed by atoms with E-state index in [9.17, 15) is 18.0 Å². The minimum Gasteiger partial charge on any atom is -0.490 e. The Morgan fingerprint density at radius 2 is 1.81 bits per heavy atom. The van der Waals surface area contributed by atoms with Gasteiger partial charge in [-0.15, -0.1) is 5.10 Å². The van der Waals surface area contributed by atoms with Crippen LogP contribution in [0.25, 0.3) is 33.8 Å². The van der Waals surface area contributed by atoms with Gasteiger partial charge in [0.05, 0.1) is 40.4 Å². The standard InChI is InChI=1S/C24H15ClF3N5O3/c25-17-11-14(3-4-16(17)24(26,27)28)32-7-6-18-15(22(32)34)12-29-23-30-21(31-33(18)23)13-2-5-19-20(10-13)36-9-1-8-35-19/h2-7,10-12H,1,8-9H2. The van der Waals surface area contributed by atoms with Crippen LogP contribution in [0.1, 0.15) is 12.0 Å². The summed E-state index contributed by atoms with van der Waals surface area (Å²) in [6.07, 6.45) is -1.01. The quantitative estimate of drug-likeness (QED) is 0.333. The van der Waals surface area contributed by atoms with Crippen LogP contribution in [0.4, 0.5) is 13.2 Å². The maximum Gasteiger partial charge on any atom is 0.417 e. The highest BCUT2D eigenvalue weighted by atomic mass is 35.5. The van der Waals surface area contributed by atoms with Gasteiger partial charge in [-0.1, -0.05) is 11.6 Å². The largest absolute Gasteiger partial charge is 0.490 e. The summed E-state index contributed by atoms with van der Waals surface area (Å²) >= 11 is 5.84. The number of benzene rings is 2. The summed E-state index contributed by atoms with van der Waals surface area (Å²) in [5.41, 5.74) is -0.162. The highest BCUT2D eigenvalue weighted by Gasteiger charge is 2.33. The van der Waals surface area contributed by atoms with Crippen LogP contribution in [0.3, 0.4) is 0 Å². The van der Waals surface area contributed by atoms with Gasteiger partial charge in [-0.05, 0) is 42.5 Å². The number of hydrogen-bond donors (Lipinski definition) is 0. The fraction of sp³-hybridized carbons (Fsp3) is 0.167. The number of nitrogens with zero attached hydrogens (tertiary/aromatic N) is 5. The Morgan fingerprint density at radius 1 is 1.00 bits per heavy atom. The topological polar surface area (TPSA) is 83.5 Å². The molecule has 6 rings (SSSR count). The number of aromatic nitrogens is 5. The molecule has 12 heteroatoms. The van der Waals surface area contributed by atoms with E-state index in [1.54, 1.807) is 18.2 Å². The number of rotatable bonds is 2. The normalized spacial score (nSPS) is 13.8. The Kier molecular flexibility index (Phi) is 5.11. The van der Waals surface area contributed by atoms with Crippen LogP contribution in [0.2, 0.25) is 5.02 Å². The molecule has 182 valence electrons. The Labute approximate surface area is 205 Å². The van der Waals surface area contributed by atoms with Gasteiger partial charge in [0, 0.05) is 24.4 Å². The van der Waals surface area contributed by atoms with Crippen LogP contribution in [0.5, 0.6) is 11.5 Å². The van der Waals surface area contributed by atoms with Gasteiger partial charge in [-0.25, -0.2) is 4.98 Å². The first-order valence-corrected chi connectivity index (χ1v) is 11.2. The van der Waals surface area contributed by atoms with Crippen LogP contribution >= 0.6 is 11.6 Å². The lowest BCUT2D eigenvalue weighted by Gasteiger charge is -2.12. The van der Waals surface area contributed by atoms with Gasteiger partial charge < -0.3 is 9.47 Å². The van der Waals surface area contributed by atoms with Crippen LogP contribution in [0.15, 0.2) is 59.7 Å². The van der Waals surface area contributed by atoms with E-state index in [4.69, 9.17) is 21.1 Å². The summed E-state index contributed by atoms with van der Waals surface area (Å²) in [5.74, 6) is 1.90. The maximum absolute atomic E-state index is 13.2. The van der Waals surface area contributed by atoms with Crippen molar-refractivity contribution in [2.75, 3.05) is 13.2 Å². The third kappa shape index (κ3) is 3.72. The van der Waals surface area contributed by atoms with Gasteiger partial charge in [0.15, 0.2) is 17.3 Å². The van der Waals surface area contributed by atoms with E-state index >= 15 is 0 Å². The predicted molar refractivity (Wildman–Crippen MR) is 125 cm³/mol. The van der Waals surface area contributed by atoms with Crippen molar-refractivity contribution in [1.82, 2.24) is 24.1 Å². The van der Waals surface area contributed by atoms with Gasteiger partial charge in [-0.2, -0.15) is 22.7 Å². The van der Waals surface area contributed by atoms with E-state index in [1.807, 2.05) is 6.07 Å². The molecule has 1 aliphatic heterocycles. The van der Waals surface area contributed by atoms with E-state index in [0.29, 0.717) is 41.6 Å². The summed E-state index contributed by atoms with van der Waals surface area (Å²) in [7, 11) is 0.